The van der Waals surface area contributed by atoms with Gasteiger partial charge in [0.2, 0.25) is 5.91 Å². The van der Waals surface area contributed by atoms with Crippen molar-refractivity contribution in [3.63, 3.8) is 0 Å². The van der Waals surface area contributed by atoms with Gasteiger partial charge in [-0.3, -0.25) is 4.79 Å². The molecule has 0 fully saturated rings. The molecule has 0 aliphatic rings. The normalized spacial score (nSPS) is 12.3. The third-order valence-corrected chi connectivity index (χ3v) is 3.54. The van der Waals surface area contributed by atoms with Crippen LogP contribution in [-0.4, -0.2) is 22.2 Å². The number of amides is 1. The highest BCUT2D eigenvalue weighted by molar-refractivity contribution is 5.88. The molecule has 0 atom stereocenters. The summed E-state index contributed by atoms with van der Waals surface area (Å²) in [5, 5.41) is 16.1. The number of nitrogens with one attached hydrogen (secondary N) is 2. The third-order valence-electron chi connectivity index (χ3n) is 3.54. The van der Waals surface area contributed by atoms with Crippen molar-refractivity contribution in [3.05, 3.63) is 29.8 Å². The zero-order chi connectivity index (χ0) is 14.7. The summed E-state index contributed by atoms with van der Waals surface area (Å²) in [6.45, 7) is 9.68. The summed E-state index contributed by atoms with van der Waals surface area (Å²) in [6, 6.07) is 7.66. The van der Waals surface area contributed by atoms with Gasteiger partial charge < -0.3 is 15.7 Å². The lowest BCUT2D eigenvalue weighted by molar-refractivity contribution is -0.114. The smallest absolute Gasteiger partial charge is 0.221 e. The second-order valence-corrected chi connectivity index (χ2v) is 5.92. The molecule has 1 amide bonds. The molecular formula is C15H24N2O2. The predicted molar refractivity (Wildman–Crippen MR) is 78.0 cm³/mol. The summed E-state index contributed by atoms with van der Waals surface area (Å²) in [7, 11) is 0. The van der Waals surface area contributed by atoms with Crippen molar-refractivity contribution in [2.45, 2.75) is 52.3 Å². The Kier molecular flexibility index (Phi) is 4.71. The molecule has 4 nitrogen and oxygen atoms in total. The quantitative estimate of drug-likeness (QED) is 0.764. The number of carbonyl (C=O) groups excluding carboxylic acids is 1. The van der Waals surface area contributed by atoms with Crippen LogP contribution in [0.1, 0.15) is 40.2 Å². The SMILES string of the molecule is CC(=O)Nc1ccc(CNC(C)(C)C(C)(C)O)cc1. The molecule has 0 aliphatic carbocycles. The van der Waals surface area contributed by atoms with Gasteiger partial charge in [0.1, 0.15) is 0 Å². The molecule has 0 radical (unpaired) electrons. The molecule has 0 spiro atoms. The van der Waals surface area contributed by atoms with Crippen LogP contribution in [0.4, 0.5) is 5.69 Å². The lowest BCUT2D eigenvalue weighted by atomic mass is 9.86. The van der Waals surface area contributed by atoms with Crippen molar-refractivity contribution in [2.75, 3.05) is 5.32 Å². The van der Waals surface area contributed by atoms with Gasteiger partial charge in [-0.1, -0.05) is 12.1 Å². The van der Waals surface area contributed by atoms with Gasteiger partial charge in [-0.15, -0.1) is 0 Å². The minimum Gasteiger partial charge on any atom is -0.389 e. The highest BCUT2D eigenvalue weighted by Gasteiger charge is 2.34. The van der Waals surface area contributed by atoms with E-state index in [0.29, 0.717) is 6.54 Å². The van der Waals surface area contributed by atoms with Crippen LogP contribution >= 0.6 is 0 Å². The molecule has 0 saturated carbocycles. The van der Waals surface area contributed by atoms with Gasteiger partial charge in [-0.2, -0.15) is 0 Å². The first kappa shape index (κ1) is 15.7. The Balaban J connectivity index is 2.62. The second-order valence-electron chi connectivity index (χ2n) is 5.92. The molecule has 0 unspecified atom stereocenters. The molecule has 0 bridgehead atoms. The largest absolute Gasteiger partial charge is 0.389 e. The van der Waals surface area contributed by atoms with Crippen molar-refractivity contribution in [2.24, 2.45) is 0 Å². The summed E-state index contributed by atoms with van der Waals surface area (Å²) in [6.07, 6.45) is 0. The average molecular weight is 264 g/mol. The Hall–Kier alpha value is -1.39. The van der Waals surface area contributed by atoms with E-state index in [9.17, 15) is 9.90 Å². The molecule has 0 aromatic heterocycles. The van der Waals surface area contributed by atoms with E-state index < -0.39 is 5.60 Å². The maximum Gasteiger partial charge on any atom is 0.221 e. The van der Waals surface area contributed by atoms with Crippen molar-refractivity contribution < 1.29 is 9.90 Å². The van der Waals surface area contributed by atoms with E-state index in [-0.39, 0.29) is 11.4 Å². The molecular weight excluding hydrogens is 240 g/mol. The molecule has 0 aliphatic heterocycles. The first-order valence-corrected chi connectivity index (χ1v) is 6.46. The van der Waals surface area contributed by atoms with Crippen LogP contribution in [0.15, 0.2) is 24.3 Å². The summed E-state index contributed by atoms with van der Waals surface area (Å²) in [5.74, 6) is -0.0750. The van der Waals surface area contributed by atoms with Crippen molar-refractivity contribution in [1.82, 2.24) is 5.32 Å². The fourth-order valence-corrected chi connectivity index (χ4v) is 1.45. The zero-order valence-electron chi connectivity index (χ0n) is 12.4. The van der Waals surface area contributed by atoms with E-state index in [1.165, 1.54) is 6.92 Å². The lowest BCUT2D eigenvalue weighted by Gasteiger charge is -2.38. The molecule has 1 aromatic carbocycles. The fourth-order valence-electron chi connectivity index (χ4n) is 1.45. The predicted octanol–water partition coefficient (Wildman–Crippen LogP) is 2.28. The monoisotopic (exact) mass is 264 g/mol. The maximum absolute atomic E-state index is 10.9. The van der Waals surface area contributed by atoms with E-state index in [1.54, 1.807) is 13.8 Å². The van der Waals surface area contributed by atoms with Crippen LogP contribution in [0.2, 0.25) is 0 Å². The van der Waals surface area contributed by atoms with Gasteiger partial charge in [0, 0.05) is 24.7 Å². The number of benzene rings is 1. The average Bonchev–Trinajstić information content (AvgIpc) is 2.26. The summed E-state index contributed by atoms with van der Waals surface area (Å²) in [5.41, 5.74) is 0.705. The Morgan fingerprint density at radius 2 is 1.68 bits per heavy atom. The number of carbonyl (C=O) groups is 1. The number of hydrogen-bond donors (Lipinski definition) is 3. The Bertz CT molecular complexity index is 430. The van der Waals surface area contributed by atoms with Crippen LogP contribution in [0.5, 0.6) is 0 Å². The summed E-state index contributed by atoms with van der Waals surface area (Å²) in [4.78, 5) is 10.9. The Morgan fingerprint density at radius 1 is 1.16 bits per heavy atom. The molecule has 0 heterocycles. The third kappa shape index (κ3) is 4.65. The van der Waals surface area contributed by atoms with Gasteiger partial charge in [0.15, 0.2) is 0 Å². The van der Waals surface area contributed by atoms with E-state index in [4.69, 9.17) is 0 Å². The Labute approximate surface area is 115 Å². The number of aliphatic hydroxyl groups is 1. The molecule has 1 aromatic rings. The molecule has 0 saturated heterocycles. The highest BCUT2D eigenvalue weighted by Crippen LogP contribution is 2.21. The van der Waals surface area contributed by atoms with Crippen molar-refractivity contribution in [1.29, 1.82) is 0 Å². The molecule has 4 heteroatoms. The van der Waals surface area contributed by atoms with Crippen molar-refractivity contribution >= 4 is 11.6 Å². The summed E-state index contributed by atoms with van der Waals surface area (Å²) >= 11 is 0. The van der Waals surface area contributed by atoms with Crippen LogP contribution in [-0.2, 0) is 11.3 Å². The van der Waals surface area contributed by atoms with Crippen LogP contribution in [0.3, 0.4) is 0 Å². The van der Waals surface area contributed by atoms with Crippen LogP contribution in [0, 0.1) is 0 Å². The molecule has 19 heavy (non-hydrogen) atoms. The lowest BCUT2D eigenvalue weighted by Crippen LogP contribution is -2.55. The second kappa shape index (κ2) is 5.72. The summed E-state index contributed by atoms with van der Waals surface area (Å²) < 4.78 is 0. The van der Waals surface area contributed by atoms with E-state index in [2.05, 4.69) is 10.6 Å². The molecule has 1 rings (SSSR count). The van der Waals surface area contributed by atoms with Crippen LogP contribution < -0.4 is 10.6 Å². The number of hydrogen-bond acceptors (Lipinski definition) is 3. The topological polar surface area (TPSA) is 61.4 Å². The number of rotatable bonds is 5. The van der Waals surface area contributed by atoms with E-state index in [0.717, 1.165) is 11.3 Å². The van der Waals surface area contributed by atoms with Crippen molar-refractivity contribution in [3.8, 4) is 0 Å². The Morgan fingerprint density at radius 3 is 2.11 bits per heavy atom. The van der Waals surface area contributed by atoms with Gasteiger partial charge >= 0.3 is 0 Å². The standard InChI is InChI=1S/C15H24N2O2/c1-11(18)17-13-8-6-12(7-9-13)10-16-14(2,3)15(4,5)19/h6-9,16,19H,10H2,1-5H3,(H,17,18). The van der Waals surface area contributed by atoms with Gasteiger partial charge in [0.05, 0.1) is 5.60 Å². The number of anilines is 1. The molecule has 3 N–H and O–H groups in total. The fraction of sp³-hybridized carbons (Fsp3) is 0.533. The minimum absolute atomic E-state index is 0.0750. The van der Waals surface area contributed by atoms with Gasteiger partial charge in [-0.05, 0) is 45.4 Å². The van der Waals surface area contributed by atoms with Gasteiger partial charge in [-0.25, -0.2) is 0 Å². The van der Waals surface area contributed by atoms with Crippen LogP contribution in [0.25, 0.3) is 0 Å². The first-order chi connectivity index (χ1) is 8.62. The van der Waals surface area contributed by atoms with Gasteiger partial charge in [0.25, 0.3) is 0 Å². The van der Waals surface area contributed by atoms with E-state index in [1.807, 2.05) is 38.1 Å². The zero-order valence-corrected chi connectivity index (χ0v) is 12.4. The molecule has 106 valence electrons. The first-order valence-electron chi connectivity index (χ1n) is 6.46. The minimum atomic E-state index is -0.802. The van der Waals surface area contributed by atoms with E-state index >= 15 is 0 Å². The highest BCUT2D eigenvalue weighted by atomic mass is 16.3. The maximum atomic E-state index is 10.9.